The number of aromatic nitrogens is 2. The second-order valence-corrected chi connectivity index (χ2v) is 7.27. The van der Waals surface area contributed by atoms with E-state index in [1.807, 2.05) is 12.3 Å². The minimum absolute atomic E-state index is 0.0738. The molecule has 6 heteroatoms. The van der Waals surface area contributed by atoms with Crippen molar-refractivity contribution >= 4 is 5.91 Å². The van der Waals surface area contributed by atoms with Gasteiger partial charge in [-0.15, -0.1) is 0 Å². The van der Waals surface area contributed by atoms with Gasteiger partial charge in [0.1, 0.15) is 5.82 Å². The average Bonchev–Trinajstić information content (AvgIpc) is 3.15. The molecule has 0 radical (unpaired) electrons. The summed E-state index contributed by atoms with van der Waals surface area (Å²) in [5, 5.41) is 6.42. The van der Waals surface area contributed by atoms with E-state index in [0.717, 1.165) is 51.1 Å². The number of carbonyl (C=O) groups excluding carboxylic acids is 1. The molecule has 0 spiro atoms. The van der Waals surface area contributed by atoms with Crippen LogP contribution in [0.1, 0.15) is 30.7 Å². The second-order valence-electron chi connectivity index (χ2n) is 7.27. The molecule has 2 aromatic rings. The number of rotatable bonds is 9. The minimum atomic E-state index is -0.426. The van der Waals surface area contributed by atoms with Crippen molar-refractivity contribution in [3.8, 4) is 0 Å². The number of piperidine rings is 1. The summed E-state index contributed by atoms with van der Waals surface area (Å²) >= 11 is 0. The van der Waals surface area contributed by atoms with Crippen LogP contribution in [0.25, 0.3) is 0 Å². The molecular formula is C21H30N4O2. The third-order valence-corrected chi connectivity index (χ3v) is 5.38. The maximum atomic E-state index is 12.9. The van der Waals surface area contributed by atoms with Crippen LogP contribution in [-0.4, -0.2) is 42.3 Å². The fourth-order valence-corrected chi connectivity index (χ4v) is 3.77. The summed E-state index contributed by atoms with van der Waals surface area (Å²) in [7, 11) is 1.66. The van der Waals surface area contributed by atoms with Crippen LogP contribution < -0.4 is 10.6 Å². The lowest BCUT2D eigenvalue weighted by atomic mass is 9.78. The van der Waals surface area contributed by atoms with Crippen molar-refractivity contribution in [2.45, 2.75) is 38.8 Å². The van der Waals surface area contributed by atoms with Crippen molar-refractivity contribution in [1.29, 1.82) is 0 Å². The fourth-order valence-electron chi connectivity index (χ4n) is 3.77. The summed E-state index contributed by atoms with van der Waals surface area (Å²) in [6.45, 7) is 3.52. The molecule has 1 fully saturated rings. The van der Waals surface area contributed by atoms with Gasteiger partial charge in [0.2, 0.25) is 5.91 Å². The minimum Gasteiger partial charge on any atom is -0.384 e. The van der Waals surface area contributed by atoms with Gasteiger partial charge in [0.15, 0.2) is 0 Å². The molecule has 6 nitrogen and oxygen atoms in total. The normalized spacial score (nSPS) is 16.2. The SMILES string of the molecule is COCC1(C(=O)NCc2nccn2CCCc2ccccc2)CCNCC1. The summed E-state index contributed by atoms with van der Waals surface area (Å²) in [4.78, 5) is 17.3. The number of ether oxygens (including phenoxy) is 1. The number of hydrogen-bond acceptors (Lipinski definition) is 4. The molecule has 0 bridgehead atoms. The maximum absolute atomic E-state index is 12.9. The van der Waals surface area contributed by atoms with E-state index < -0.39 is 5.41 Å². The van der Waals surface area contributed by atoms with Gasteiger partial charge in [-0.3, -0.25) is 4.79 Å². The first kappa shape index (κ1) is 19.6. The smallest absolute Gasteiger partial charge is 0.229 e. The van der Waals surface area contributed by atoms with Crippen LogP contribution in [0.15, 0.2) is 42.7 Å². The van der Waals surface area contributed by atoms with Crippen molar-refractivity contribution < 1.29 is 9.53 Å². The first-order valence-electron chi connectivity index (χ1n) is 9.75. The summed E-state index contributed by atoms with van der Waals surface area (Å²) in [6, 6.07) is 10.5. The highest BCUT2D eigenvalue weighted by Crippen LogP contribution is 2.29. The Kier molecular flexibility index (Phi) is 7.01. The highest BCUT2D eigenvalue weighted by atomic mass is 16.5. The molecule has 0 saturated carbocycles. The molecule has 1 saturated heterocycles. The summed E-state index contributed by atoms with van der Waals surface area (Å²) in [6.07, 6.45) is 7.48. The molecular weight excluding hydrogens is 340 g/mol. The lowest BCUT2D eigenvalue weighted by molar-refractivity contribution is -0.136. The summed E-state index contributed by atoms with van der Waals surface area (Å²) < 4.78 is 7.49. The second kappa shape index (κ2) is 9.67. The third-order valence-electron chi connectivity index (χ3n) is 5.38. The van der Waals surface area contributed by atoms with E-state index in [1.165, 1.54) is 5.56 Å². The quantitative estimate of drug-likeness (QED) is 0.710. The van der Waals surface area contributed by atoms with Gasteiger partial charge < -0.3 is 19.9 Å². The average molecular weight is 370 g/mol. The first-order chi connectivity index (χ1) is 13.2. The van der Waals surface area contributed by atoms with Crippen molar-refractivity contribution in [3.63, 3.8) is 0 Å². The Labute approximate surface area is 161 Å². The van der Waals surface area contributed by atoms with Crippen molar-refractivity contribution in [2.75, 3.05) is 26.8 Å². The Morgan fingerprint density at radius 2 is 2.07 bits per heavy atom. The summed E-state index contributed by atoms with van der Waals surface area (Å²) in [5.41, 5.74) is 0.921. The van der Waals surface area contributed by atoms with Crippen LogP contribution in [0.2, 0.25) is 0 Å². The van der Waals surface area contributed by atoms with Crippen LogP contribution in [0.5, 0.6) is 0 Å². The molecule has 2 N–H and O–H groups in total. The van der Waals surface area contributed by atoms with Gasteiger partial charge in [-0.2, -0.15) is 0 Å². The van der Waals surface area contributed by atoms with E-state index in [1.54, 1.807) is 13.3 Å². The predicted molar refractivity (Wildman–Crippen MR) is 105 cm³/mol. The van der Waals surface area contributed by atoms with Crippen LogP contribution in [0.3, 0.4) is 0 Å². The largest absolute Gasteiger partial charge is 0.384 e. The Balaban J connectivity index is 1.52. The molecule has 1 amide bonds. The van der Waals surface area contributed by atoms with E-state index >= 15 is 0 Å². The topological polar surface area (TPSA) is 68.2 Å². The van der Waals surface area contributed by atoms with Crippen LogP contribution in [0.4, 0.5) is 0 Å². The van der Waals surface area contributed by atoms with Crippen LogP contribution in [-0.2, 0) is 29.0 Å². The lowest BCUT2D eigenvalue weighted by Crippen LogP contribution is -2.50. The Bertz CT molecular complexity index is 702. The zero-order valence-electron chi connectivity index (χ0n) is 16.1. The molecule has 1 aliphatic heterocycles. The Morgan fingerprint density at radius 1 is 1.30 bits per heavy atom. The Hall–Kier alpha value is -2.18. The van der Waals surface area contributed by atoms with E-state index in [4.69, 9.17) is 4.74 Å². The molecule has 0 atom stereocenters. The van der Waals surface area contributed by atoms with Gasteiger partial charge in [-0.25, -0.2) is 4.98 Å². The number of carbonyl (C=O) groups is 1. The molecule has 0 unspecified atom stereocenters. The maximum Gasteiger partial charge on any atom is 0.229 e. The number of hydrogen-bond donors (Lipinski definition) is 2. The van der Waals surface area contributed by atoms with Gasteiger partial charge in [0.25, 0.3) is 0 Å². The monoisotopic (exact) mass is 370 g/mol. The number of methoxy groups -OCH3 is 1. The standard InChI is InChI=1S/C21H30N4O2/c1-27-17-21(9-11-22-12-10-21)20(26)24-16-19-23-13-15-25(19)14-5-8-18-6-3-2-4-7-18/h2-4,6-7,13,15,22H,5,8-12,14,16-17H2,1H3,(H,24,26). The van der Waals surface area contributed by atoms with Gasteiger partial charge in [-0.05, 0) is 44.3 Å². The zero-order chi connectivity index (χ0) is 19.0. The molecule has 2 heterocycles. The summed E-state index contributed by atoms with van der Waals surface area (Å²) in [5.74, 6) is 0.975. The number of imidazole rings is 1. The van der Waals surface area contributed by atoms with Crippen LogP contribution in [0, 0.1) is 5.41 Å². The molecule has 1 aliphatic rings. The molecule has 146 valence electrons. The number of amides is 1. The van der Waals surface area contributed by atoms with E-state index in [2.05, 4.69) is 44.5 Å². The first-order valence-corrected chi connectivity index (χ1v) is 9.75. The van der Waals surface area contributed by atoms with Gasteiger partial charge in [0, 0.05) is 26.0 Å². The predicted octanol–water partition coefficient (Wildman–Crippen LogP) is 2.15. The number of benzene rings is 1. The molecule has 0 aliphatic carbocycles. The van der Waals surface area contributed by atoms with E-state index in [0.29, 0.717) is 13.2 Å². The highest BCUT2D eigenvalue weighted by Gasteiger charge is 2.39. The van der Waals surface area contributed by atoms with Gasteiger partial charge >= 0.3 is 0 Å². The third kappa shape index (κ3) is 5.17. The molecule has 1 aromatic heterocycles. The Morgan fingerprint density at radius 3 is 2.81 bits per heavy atom. The lowest BCUT2D eigenvalue weighted by Gasteiger charge is -2.35. The molecule has 1 aromatic carbocycles. The van der Waals surface area contributed by atoms with E-state index in [9.17, 15) is 4.79 Å². The fraction of sp³-hybridized carbons (Fsp3) is 0.524. The van der Waals surface area contributed by atoms with Crippen molar-refractivity contribution in [2.24, 2.45) is 5.41 Å². The number of nitrogens with one attached hydrogen (secondary N) is 2. The molecule has 3 rings (SSSR count). The van der Waals surface area contributed by atoms with E-state index in [-0.39, 0.29) is 5.91 Å². The van der Waals surface area contributed by atoms with Gasteiger partial charge in [0.05, 0.1) is 18.6 Å². The molecule has 27 heavy (non-hydrogen) atoms. The van der Waals surface area contributed by atoms with Crippen LogP contribution >= 0.6 is 0 Å². The van der Waals surface area contributed by atoms with Crippen molar-refractivity contribution in [1.82, 2.24) is 20.2 Å². The van der Waals surface area contributed by atoms with Crippen molar-refractivity contribution in [3.05, 3.63) is 54.1 Å². The number of aryl methyl sites for hydroxylation is 2. The van der Waals surface area contributed by atoms with Gasteiger partial charge in [-0.1, -0.05) is 30.3 Å². The number of nitrogens with zero attached hydrogens (tertiary/aromatic N) is 2. The highest BCUT2D eigenvalue weighted by molar-refractivity contribution is 5.82. The zero-order valence-corrected chi connectivity index (χ0v) is 16.1.